The van der Waals surface area contributed by atoms with Gasteiger partial charge in [-0.05, 0) is 74.9 Å². The van der Waals surface area contributed by atoms with E-state index in [1.807, 2.05) is 27.7 Å². The minimum atomic E-state index is -1.67. The molecule has 0 unspecified atom stereocenters. The highest BCUT2D eigenvalue weighted by atomic mass is 16.3. The van der Waals surface area contributed by atoms with Crippen molar-refractivity contribution in [3.05, 3.63) is 11.6 Å². The molecule has 4 aliphatic rings. The molecule has 0 bridgehead atoms. The second-order valence-corrected chi connectivity index (χ2v) is 13.7. The van der Waals surface area contributed by atoms with Crippen LogP contribution in [-0.2, 0) is 4.79 Å². The van der Waals surface area contributed by atoms with E-state index in [2.05, 4.69) is 0 Å². The third kappa shape index (κ3) is 3.78. The molecule has 0 aromatic heterocycles. The lowest BCUT2D eigenvalue weighted by Crippen LogP contribution is -2.66. The summed E-state index contributed by atoms with van der Waals surface area (Å²) in [5.41, 5.74) is -5.79. The molecular weight excluding hydrogens is 464 g/mol. The van der Waals surface area contributed by atoms with E-state index in [9.17, 15) is 40.5 Å². The summed E-state index contributed by atoms with van der Waals surface area (Å²) < 4.78 is 0. The van der Waals surface area contributed by atoms with Crippen LogP contribution in [0.5, 0.6) is 0 Å². The first-order valence-corrected chi connectivity index (χ1v) is 13.5. The molecule has 0 heterocycles. The van der Waals surface area contributed by atoms with Crippen molar-refractivity contribution in [3.8, 4) is 0 Å². The van der Waals surface area contributed by atoms with Gasteiger partial charge in [-0.2, -0.15) is 0 Å². The minimum Gasteiger partial charge on any atom is -0.392 e. The van der Waals surface area contributed by atoms with Gasteiger partial charge >= 0.3 is 0 Å². The predicted octanol–water partition coefficient (Wildman–Crippen LogP) is 1.07. The topological polar surface area (TPSA) is 159 Å². The van der Waals surface area contributed by atoms with Gasteiger partial charge < -0.3 is 35.7 Å². The maximum absolute atomic E-state index is 13.3. The Balaban J connectivity index is 1.73. The molecule has 12 atom stereocenters. The Kier molecular flexibility index (Phi) is 6.70. The molecule has 0 saturated heterocycles. The molecule has 0 amide bonds. The van der Waals surface area contributed by atoms with Gasteiger partial charge in [0.2, 0.25) is 0 Å². The Hall–Kier alpha value is -0.870. The fourth-order valence-electron chi connectivity index (χ4n) is 8.49. The first kappa shape index (κ1) is 28.1. The van der Waals surface area contributed by atoms with Gasteiger partial charge in [-0.15, -0.1) is 0 Å². The lowest BCUT2D eigenvalue weighted by Gasteiger charge is -2.62. The highest BCUT2D eigenvalue weighted by Crippen LogP contribution is 2.68. The molecule has 8 nitrogen and oxygen atoms in total. The summed E-state index contributed by atoms with van der Waals surface area (Å²) in [4.78, 5) is 13.3. The van der Waals surface area contributed by atoms with Gasteiger partial charge in [-0.3, -0.25) is 4.79 Å². The van der Waals surface area contributed by atoms with E-state index in [1.54, 1.807) is 6.92 Å². The van der Waals surface area contributed by atoms with Crippen molar-refractivity contribution >= 4 is 5.78 Å². The molecular formula is C28H46O8. The minimum absolute atomic E-state index is 0.0466. The van der Waals surface area contributed by atoms with E-state index < -0.39 is 69.8 Å². The molecule has 0 aliphatic heterocycles. The fraction of sp³-hybridized carbons (Fsp3) is 0.893. The molecule has 0 spiro atoms. The largest absolute Gasteiger partial charge is 0.392 e. The number of allylic oxidation sites excluding steroid dienone is 1. The number of carbonyl (C=O) groups excluding carboxylic acids is 1. The molecule has 4 aliphatic carbocycles. The van der Waals surface area contributed by atoms with Crippen LogP contribution in [0.3, 0.4) is 0 Å². The summed E-state index contributed by atoms with van der Waals surface area (Å²) >= 11 is 0. The van der Waals surface area contributed by atoms with Crippen molar-refractivity contribution in [2.75, 3.05) is 0 Å². The number of hydrogen-bond acceptors (Lipinski definition) is 8. The molecule has 4 rings (SSSR count). The zero-order chi connectivity index (χ0) is 27.2. The molecule has 3 fully saturated rings. The predicted molar refractivity (Wildman–Crippen MR) is 133 cm³/mol. The number of fused-ring (bicyclic) bond motifs is 5. The second kappa shape index (κ2) is 8.57. The van der Waals surface area contributed by atoms with E-state index in [0.29, 0.717) is 12.0 Å². The van der Waals surface area contributed by atoms with Crippen molar-refractivity contribution in [3.63, 3.8) is 0 Å². The Bertz CT molecular complexity index is 927. The molecule has 0 aromatic carbocycles. The normalized spacial score (nSPS) is 48.8. The monoisotopic (exact) mass is 510 g/mol. The fourth-order valence-corrected chi connectivity index (χ4v) is 8.49. The summed E-state index contributed by atoms with van der Waals surface area (Å²) in [7, 11) is 0. The summed E-state index contributed by atoms with van der Waals surface area (Å²) in [6, 6.07) is 0. The number of aliphatic hydroxyl groups excluding tert-OH is 4. The second-order valence-electron chi connectivity index (χ2n) is 13.7. The van der Waals surface area contributed by atoms with Crippen LogP contribution >= 0.6 is 0 Å². The first-order valence-electron chi connectivity index (χ1n) is 13.5. The van der Waals surface area contributed by atoms with Crippen LogP contribution in [0.25, 0.3) is 0 Å². The summed E-state index contributed by atoms with van der Waals surface area (Å²) in [5, 5.41) is 78.1. The van der Waals surface area contributed by atoms with Crippen LogP contribution in [0.4, 0.5) is 0 Å². The standard InChI is InChI=1S/C28H46O8/c1-14(2)26(5,34)13-22(33)27(6,35)21-7-8-28(36)16-10-17(29)15-9-18(30)19(31)11-24(15,3)23(16)20(32)12-25(21,28)4/h10,14-15,18-23,30-36H,7-9,11-13H2,1-6H3/t15-,18+,19-,20+,21-,22+,23+,24-,25+,26+,27+,28+/m0/s1. The molecule has 3 saturated carbocycles. The van der Waals surface area contributed by atoms with Crippen molar-refractivity contribution in [2.45, 2.75) is 121 Å². The van der Waals surface area contributed by atoms with Gasteiger partial charge in [-0.25, -0.2) is 0 Å². The van der Waals surface area contributed by atoms with Crippen LogP contribution < -0.4 is 0 Å². The van der Waals surface area contributed by atoms with Crippen molar-refractivity contribution in [1.29, 1.82) is 0 Å². The van der Waals surface area contributed by atoms with Gasteiger partial charge in [-0.1, -0.05) is 27.7 Å². The Morgan fingerprint density at radius 2 is 1.67 bits per heavy atom. The summed E-state index contributed by atoms with van der Waals surface area (Å²) in [5.74, 6) is -2.11. The van der Waals surface area contributed by atoms with Crippen molar-refractivity contribution < 1.29 is 40.5 Å². The third-order valence-electron chi connectivity index (χ3n) is 11.3. The van der Waals surface area contributed by atoms with Crippen LogP contribution in [0.15, 0.2) is 11.6 Å². The van der Waals surface area contributed by atoms with Gasteiger partial charge in [0.25, 0.3) is 0 Å². The van der Waals surface area contributed by atoms with Gasteiger partial charge in [0.1, 0.15) is 0 Å². The molecule has 36 heavy (non-hydrogen) atoms. The average molecular weight is 511 g/mol. The first-order chi connectivity index (χ1) is 16.3. The van der Waals surface area contributed by atoms with E-state index in [-0.39, 0.29) is 43.8 Å². The molecule has 7 N–H and O–H groups in total. The Labute approximate surface area is 214 Å². The molecule has 8 heteroatoms. The van der Waals surface area contributed by atoms with Gasteiger partial charge in [0, 0.05) is 23.7 Å². The number of ketones is 1. The maximum Gasteiger partial charge on any atom is 0.159 e. The number of rotatable bonds is 5. The quantitative estimate of drug-likeness (QED) is 0.289. The van der Waals surface area contributed by atoms with Crippen molar-refractivity contribution in [2.24, 2.45) is 34.5 Å². The average Bonchev–Trinajstić information content (AvgIpc) is 3.01. The lowest BCUT2D eigenvalue weighted by atomic mass is 9.44. The smallest absolute Gasteiger partial charge is 0.159 e. The van der Waals surface area contributed by atoms with Crippen LogP contribution in [-0.4, -0.2) is 82.7 Å². The Morgan fingerprint density at radius 1 is 1.06 bits per heavy atom. The lowest BCUT2D eigenvalue weighted by molar-refractivity contribution is -0.201. The highest BCUT2D eigenvalue weighted by Gasteiger charge is 2.71. The van der Waals surface area contributed by atoms with Crippen molar-refractivity contribution in [1.82, 2.24) is 0 Å². The van der Waals surface area contributed by atoms with Crippen LogP contribution in [0.2, 0.25) is 0 Å². The van der Waals surface area contributed by atoms with Gasteiger partial charge in [0.15, 0.2) is 5.78 Å². The van der Waals surface area contributed by atoms with E-state index in [1.165, 1.54) is 13.0 Å². The third-order valence-corrected chi connectivity index (χ3v) is 11.3. The van der Waals surface area contributed by atoms with E-state index >= 15 is 0 Å². The SMILES string of the molecule is CC(C)[C@](C)(O)C[C@@H](O)[C@](C)(O)[C@H]1CC[C@@]2(O)C3=CC(=O)[C@@H]4C[C@@H](O)[C@@H](O)C[C@]4(C)[C@H]3[C@H](O)C[C@]12C. The van der Waals surface area contributed by atoms with E-state index in [4.69, 9.17) is 0 Å². The van der Waals surface area contributed by atoms with E-state index in [0.717, 1.165) is 0 Å². The van der Waals surface area contributed by atoms with Gasteiger partial charge in [0.05, 0.1) is 41.2 Å². The Morgan fingerprint density at radius 3 is 2.25 bits per heavy atom. The van der Waals surface area contributed by atoms with Crippen LogP contribution in [0, 0.1) is 34.5 Å². The number of aliphatic hydroxyl groups is 7. The molecule has 0 aromatic rings. The number of carbonyl (C=O) groups is 1. The number of hydrogen-bond donors (Lipinski definition) is 7. The highest BCUT2D eigenvalue weighted by molar-refractivity contribution is 5.95. The zero-order valence-corrected chi connectivity index (χ0v) is 22.5. The maximum atomic E-state index is 13.3. The summed E-state index contributed by atoms with van der Waals surface area (Å²) in [6.07, 6.45) is -1.83. The summed E-state index contributed by atoms with van der Waals surface area (Å²) in [6.45, 7) is 10.5. The zero-order valence-electron chi connectivity index (χ0n) is 22.5. The van der Waals surface area contributed by atoms with Crippen LogP contribution in [0.1, 0.15) is 80.1 Å². The molecule has 206 valence electrons. The molecule has 0 radical (unpaired) electrons.